The van der Waals surface area contributed by atoms with E-state index in [1.54, 1.807) is 0 Å². The van der Waals surface area contributed by atoms with Gasteiger partial charge < -0.3 is 4.57 Å². The average molecular weight is 336 g/mol. The lowest BCUT2D eigenvalue weighted by Gasteiger charge is -2.09. The fraction of sp³-hybridized carbons (Fsp3) is 0.0526. The van der Waals surface area contributed by atoms with E-state index in [0.717, 1.165) is 11.0 Å². The van der Waals surface area contributed by atoms with Crippen LogP contribution >= 0.6 is 15.9 Å². The molecule has 0 aliphatic carbocycles. The fourth-order valence-corrected chi connectivity index (χ4v) is 3.38. The summed E-state index contributed by atoms with van der Waals surface area (Å²) in [5, 5.41) is 2.64. The molecule has 21 heavy (non-hydrogen) atoms. The van der Waals surface area contributed by atoms with Crippen LogP contribution in [0.15, 0.2) is 77.3 Å². The predicted octanol–water partition coefficient (Wildman–Crippen LogP) is 5.61. The van der Waals surface area contributed by atoms with Crippen LogP contribution < -0.4 is 0 Å². The molecule has 1 aromatic heterocycles. The van der Waals surface area contributed by atoms with E-state index in [4.69, 9.17) is 0 Å². The van der Waals surface area contributed by atoms with E-state index in [1.165, 1.54) is 27.4 Å². The zero-order chi connectivity index (χ0) is 14.2. The quantitative estimate of drug-likeness (QED) is 0.449. The summed E-state index contributed by atoms with van der Waals surface area (Å²) in [4.78, 5) is 0. The molecule has 0 spiro atoms. The van der Waals surface area contributed by atoms with Crippen LogP contribution in [-0.4, -0.2) is 4.57 Å². The van der Waals surface area contributed by atoms with Gasteiger partial charge in [0.2, 0.25) is 0 Å². The molecule has 0 N–H and O–H groups in total. The maximum atomic E-state index is 3.66. The van der Waals surface area contributed by atoms with Gasteiger partial charge in [-0.1, -0.05) is 70.5 Å². The van der Waals surface area contributed by atoms with Crippen molar-refractivity contribution in [1.82, 2.24) is 4.57 Å². The number of halogens is 1. The number of rotatable bonds is 2. The van der Waals surface area contributed by atoms with Crippen molar-refractivity contribution in [1.29, 1.82) is 0 Å². The summed E-state index contributed by atoms with van der Waals surface area (Å²) in [6, 6.07) is 25.7. The molecule has 0 fully saturated rings. The summed E-state index contributed by atoms with van der Waals surface area (Å²) in [6.45, 7) is 0.870. The Labute approximate surface area is 132 Å². The van der Waals surface area contributed by atoms with Crippen molar-refractivity contribution in [2.75, 3.05) is 0 Å². The lowest BCUT2D eigenvalue weighted by Crippen LogP contribution is -1.99. The van der Waals surface area contributed by atoms with Gasteiger partial charge in [-0.05, 0) is 23.8 Å². The zero-order valence-electron chi connectivity index (χ0n) is 11.5. The van der Waals surface area contributed by atoms with Crippen molar-refractivity contribution >= 4 is 37.7 Å². The van der Waals surface area contributed by atoms with E-state index in [1.807, 2.05) is 0 Å². The molecular weight excluding hydrogens is 322 g/mol. The molecular formula is C19H14BrN. The van der Waals surface area contributed by atoms with Crippen LogP contribution in [0.4, 0.5) is 0 Å². The summed E-state index contributed by atoms with van der Waals surface area (Å²) in [5.74, 6) is 0. The molecule has 0 aliphatic rings. The van der Waals surface area contributed by atoms with E-state index in [-0.39, 0.29) is 0 Å². The van der Waals surface area contributed by atoms with E-state index < -0.39 is 0 Å². The van der Waals surface area contributed by atoms with E-state index in [2.05, 4.69) is 93.3 Å². The van der Waals surface area contributed by atoms with Gasteiger partial charge in [-0.15, -0.1) is 0 Å². The molecule has 2 heteroatoms. The van der Waals surface area contributed by atoms with Gasteiger partial charge in [0.1, 0.15) is 0 Å². The first-order valence-electron chi connectivity index (χ1n) is 7.04. The number of aromatic nitrogens is 1. The Morgan fingerprint density at radius 1 is 0.667 bits per heavy atom. The minimum absolute atomic E-state index is 0.870. The summed E-state index contributed by atoms with van der Waals surface area (Å²) in [5.41, 5.74) is 3.87. The van der Waals surface area contributed by atoms with Crippen molar-refractivity contribution in [2.45, 2.75) is 6.54 Å². The fourth-order valence-electron chi connectivity index (χ4n) is 2.97. The Kier molecular flexibility index (Phi) is 3.04. The Morgan fingerprint density at radius 2 is 1.19 bits per heavy atom. The standard InChI is InChI=1S/C19H14BrN/c20-17-10-4-1-7-14(17)13-21-18-11-5-2-8-15(18)16-9-3-6-12-19(16)21/h1-12H,13H2. The Morgan fingerprint density at radius 3 is 1.81 bits per heavy atom. The highest BCUT2D eigenvalue weighted by atomic mass is 79.9. The normalized spacial score (nSPS) is 11.3. The molecule has 4 aromatic rings. The molecule has 0 aliphatic heterocycles. The Bertz CT molecular complexity index is 883. The molecule has 0 unspecified atom stereocenters. The van der Waals surface area contributed by atoms with Gasteiger partial charge in [0.05, 0.1) is 0 Å². The highest BCUT2D eigenvalue weighted by molar-refractivity contribution is 9.10. The first-order chi connectivity index (χ1) is 10.3. The lowest BCUT2D eigenvalue weighted by molar-refractivity contribution is 0.865. The number of fused-ring (bicyclic) bond motifs is 3. The van der Waals surface area contributed by atoms with Gasteiger partial charge in [-0.3, -0.25) is 0 Å². The lowest BCUT2D eigenvalue weighted by atomic mass is 10.2. The van der Waals surface area contributed by atoms with Crippen LogP contribution in [-0.2, 0) is 6.54 Å². The highest BCUT2D eigenvalue weighted by Gasteiger charge is 2.10. The molecule has 0 saturated heterocycles. The minimum Gasteiger partial charge on any atom is -0.336 e. The zero-order valence-corrected chi connectivity index (χ0v) is 13.0. The maximum Gasteiger partial charge on any atom is 0.0494 e. The molecule has 3 aromatic carbocycles. The van der Waals surface area contributed by atoms with Crippen LogP contribution in [0.5, 0.6) is 0 Å². The molecule has 1 nitrogen and oxygen atoms in total. The molecule has 102 valence electrons. The maximum absolute atomic E-state index is 3.66. The second kappa shape index (κ2) is 5.05. The van der Waals surface area contributed by atoms with Crippen LogP contribution in [0.1, 0.15) is 5.56 Å². The van der Waals surface area contributed by atoms with Crippen molar-refractivity contribution in [2.24, 2.45) is 0 Å². The average Bonchev–Trinajstić information content (AvgIpc) is 2.85. The van der Waals surface area contributed by atoms with Gasteiger partial charge in [0, 0.05) is 32.8 Å². The first kappa shape index (κ1) is 12.7. The molecule has 1 heterocycles. The summed E-state index contributed by atoms with van der Waals surface area (Å²) in [6.07, 6.45) is 0. The van der Waals surface area contributed by atoms with Gasteiger partial charge in [0.15, 0.2) is 0 Å². The number of benzene rings is 3. The molecule has 0 atom stereocenters. The van der Waals surface area contributed by atoms with Crippen molar-refractivity contribution in [3.63, 3.8) is 0 Å². The molecule has 0 amide bonds. The Hall–Kier alpha value is -2.06. The van der Waals surface area contributed by atoms with Crippen LogP contribution in [0.2, 0.25) is 0 Å². The second-order valence-corrected chi connectivity index (χ2v) is 6.07. The van der Waals surface area contributed by atoms with Gasteiger partial charge in [-0.25, -0.2) is 0 Å². The summed E-state index contributed by atoms with van der Waals surface area (Å²) < 4.78 is 3.55. The van der Waals surface area contributed by atoms with Gasteiger partial charge >= 0.3 is 0 Å². The van der Waals surface area contributed by atoms with Gasteiger partial charge in [0.25, 0.3) is 0 Å². The summed E-state index contributed by atoms with van der Waals surface area (Å²) >= 11 is 3.66. The smallest absolute Gasteiger partial charge is 0.0494 e. The largest absolute Gasteiger partial charge is 0.336 e. The molecule has 0 saturated carbocycles. The molecule has 0 bridgehead atoms. The minimum atomic E-state index is 0.870. The highest BCUT2D eigenvalue weighted by Crippen LogP contribution is 2.30. The third kappa shape index (κ3) is 2.07. The van der Waals surface area contributed by atoms with Crippen LogP contribution in [0, 0.1) is 0 Å². The van der Waals surface area contributed by atoms with E-state index >= 15 is 0 Å². The topological polar surface area (TPSA) is 4.93 Å². The SMILES string of the molecule is Brc1ccccc1Cn1c2ccccc2c2ccccc21. The monoisotopic (exact) mass is 335 g/mol. The van der Waals surface area contributed by atoms with Crippen molar-refractivity contribution in [3.8, 4) is 0 Å². The number of hydrogen-bond donors (Lipinski definition) is 0. The van der Waals surface area contributed by atoms with Gasteiger partial charge in [-0.2, -0.15) is 0 Å². The molecule has 4 rings (SSSR count). The third-order valence-corrected chi connectivity index (χ3v) is 4.74. The van der Waals surface area contributed by atoms with Crippen molar-refractivity contribution in [3.05, 3.63) is 82.8 Å². The number of para-hydroxylation sites is 2. The second-order valence-electron chi connectivity index (χ2n) is 5.21. The Balaban J connectivity index is 2.00. The van der Waals surface area contributed by atoms with E-state index in [0.29, 0.717) is 0 Å². The summed E-state index contributed by atoms with van der Waals surface area (Å²) in [7, 11) is 0. The number of nitrogens with zero attached hydrogens (tertiary/aromatic N) is 1. The number of hydrogen-bond acceptors (Lipinski definition) is 0. The predicted molar refractivity (Wildman–Crippen MR) is 92.7 cm³/mol. The van der Waals surface area contributed by atoms with Crippen LogP contribution in [0.3, 0.4) is 0 Å². The van der Waals surface area contributed by atoms with E-state index in [9.17, 15) is 0 Å². The molecule has 0 radical (unpaired) electrons. The van der Waals surface area contributed by atoms with Crippen molar-refractivity contribution < 1.29 is 0 Å². The van der Waals surface area contributed by atoms with Crippen LogP contribution in [0.25, 0.3) is 21.8 Å². The first-order valence-corrected chi connectivity index (χ1v) is 7.83. The third-order valence-electron chi connectivity index (χ3n) is 3.97.